The lowest BCUT2D eigenvalue weighted by atomic mass is 10.00. The van der Waals surface area contributed by atoms with Crippen LogP contribution in [-0.4, -0.2) is 28.2 Å². The van der Waals surface area contributed by atoms with Gasteiger partial charge in [0.05, 0.1) is 16.5 Å². The summed E-state index contributed by atoms with van der Waals surface area (Å²) in [6, 6.07) is 0.844. The van der Waals surface area contributed by atoms with E-state index in [0.29, 0.717) is 0 Å². The highest BCUT2D eigenvalue weighted by atomic mass is 35.5. The molecule has 11 heteroatoms. The summed E-state index contributed by atoms with van der Waals surface area (Å²) in [5.74, 6) is -0.919. The monoisotopic (exact) mass is 354 g/mol. The summed E-state index contributed by atoms with van der Waals surface area (Å²) in [6.07, 6.45) is -6.50. The van der Waals surface area contributed by atoms with Crippen molar-refractivity contribution in [3.63, 3.8) is 0 Å². The number of nitrogens with zero attached hydrogens (tertiary/aromatic N) is 4. The number of alkyl halides is 5. The van der Waals surface area contributed by atoms with Gasteiger partial charge in [0.1, 0.15) is 5.82 Å². The summed E-state index contributed by atoms with van der Waals surface area (Å²) < 4.78 is 67.9. The van der Waals surface area contributed by atoms with Gasteiger partial charge in [-0.1, -0.05) is 16.8 Å². The van der Waals surface area contributed by atoms with Crippen molar-refractivity contribution in [3.8, 4) is 0 Å². The van der Waals surface area contributed by atoms with Crippen LogP contribution >= 0.6 is 11.6 Å². The molecule has 1 aliphatic rings. The summed E-state index contributed by atoms with van der Waals surface area (Å²) >= 11 is 5.50. The molecule has 1 fully saturated rings. The van der Waals surface area contributed by atoms with E-state index >= 15 is 0 Å². The van der Waals surface area contributed by atoms with Gasteiger partial charge in [-0.3, -0.25) is 0 Å². The minimum absolute atomic E-state index is 0.0292. The van der Waals surface area contributed by atoms with Crippen molar-refractivity contribution in [2.75, 3.05) is 18.0 Å². The fourth-order valence-electron chi connectivity index (χ4n) is 2.14. The molecule has 0 amide bonds. The summed E-state index contributed by atoms with van der Waals surface area (Å²) in [5, 5.41) is 2.65. The molecule has 0 saturated carbocycles. The first-order chi connectivity index (χ1) is 10.8. The smallest absolute Gasteiger partial charge is 0.355 e. The summed E-state index contributed by atoms with van der Waals surface area (Å²) in [5.41, 5.74) is -0.981. The van der Waals surface area contributed by atoms with E-state index in [4.69, 9.17) is 16.1 Å². The Bertz CT molecular complexity index is 714. The molecule has 3 rings (SSSR count). The van der Waals surface area contributed by atoms with E-state index < -0.39 is 29.0 Å². The van der Waals surface area contributed by atoms with Crippen LogP contribution in [0, 0.1) is 0 Å². The summed E-state index contributed by atoms with van der Waals surface area (Å²) in [6.45, 7) is 0.466. The largest absolute Gasteiger partial charge is 0.418 e. The van der Waals surface area contributed by atoms with Crippen LogP contribution in [0.2, 0.25) is 5.02 Å². The molecule has 0 unspecified atom stereocenters. The van der Waals surface area contributed by atoms with Gasteiger partial charge in [0.2, 0.25) is 11.7 Å². The summed E-state index contributed by atoms with van der Waals surface area (Å²) in [7, 11) is 0. The zero-order chi connectivity index (χ0) is 16.8. The second-order valence-corrected chi connectivity index (χ2v) is 5.32. The van der Waals surface area contributed by atoms with Crippen molar-refractivity contribution in [1.82, 2.24) is 15.1 Å². The standard InChI is InChI=1S/C12H8ClF5N4O/c13-7-2-19-8(1-6(7)12(16,17)18)22-3-5(4-22)11-20-10(9(14)15)21-23-11/h1-2,5,9H,3-4H2. The van der Waals surface area contributed by atoms with Crippen LogP contribution in [0.4, 0.5) is 27.8 Å². The molecule has 0 aromatic carbocycles. The molecule has 0 aliphatic carbocycles. The van der Waals surface area contributed by atoms with Crippen molar-refractivity contribution in [3.05, 3.63) is 34.6 Å². The molecular formula is C12H8ClF5N4O. The van der Waals surface area contributed by atoms with Crippen LogP contribution in [0.5, 0.6) is 0 Å². The number of hydrogen-bond donors (Lipinski definition) is 0. The number of hydrogen-bond acceptors (Lipinski definition) is 5. The van der Waals surface area contributed by atoms with Gasteiger partial charge in [-0.05, 0) is 6.07 Å². The molecule has 23 heavy (non-hydrogen) atoms. The van der Waals surface area contributed by atoms with E-state index in [0.717, 1.165) is 12.3 Å². The third kappa shape index (κ3) is 3.07. The van der Waals surface area contributed by atoms with Crippen LogP contribution in [0.1, 0.15) is 29.6 Å². The Morgan fingerprint density at radius 3 is 2.57 bits per heavy atom. The van der Waals surface area contributed by atoms with Crippen molar-refractivity contribution < 1.29 is 26.5 Å². The molecule has 0 bridgehead atoms. The molecule has 0 N–H and O–H groups in total. The van der Waals surface area contributed by atoms with Gasteiger partial charge >= 0.3 is 12.6 Å². The van der Waals surface area contributed by atoms with E-state index in [-0.39, 0.29) is 30.7 Å². The van der Waals surface area contributed by atoms with Crippen molar-refractivity contribution >= 4 is 17.4 Å². The molecule has 5 nitrogen and oxygen atoms in total. The molecule has 2 aromatic heterocycles. The maximum Gasteiger partial charge on any atom is 0.418 e. The lowest BCUT2D eigenvalue weighted by molar-refractivity contribution is -0.137. The van der Waals surface area contributed by atoms with Gasteiger partial charge in [0.15, 0.2) is 0 Å². The fourth-order valence-corrected chi connectivity index (χ4v) is 2.35. The quantitative estimate of drug-likeness (QED) is 0.787. The van der Waals surface area contributed by atoms with E-state index in [1.165, 1.54) is 4.90 Å². The number of aromatic nitrogens is 3. The first kappa shape index (κ1) is 15.9. The van der Waals surface area contributed by atoms with Gasteiger partial charge in [-0.2, -0.15) is 18.2 Å². The first-order valence-corrected chi connectivity index (χ1v) is 6.73. The van der Waals surface area contributed by atoms with Gasteiger partial charge in [-0.15, -0.1) is 0 Å². The van der Waals surface area contributed by atoms with Crippen molar-refractivity contribution in [1.29, 1.82) is 0 Å². The molecule has 1 aliphatic heterocycles. The molecule has 124 valence electrons. The molecule has 1 saturated heterocycles. The lowest BCUT2D eigenvalue weighted by Crippen LogP contribution is -2.45. The van der Waals surface area contributed by atoms with Crippen molar-refractivity contribution in [2.24, 2.45) is 0 Å². The molecular weight excluding hydrogens is 347 g/mol. The minimum Gasteiger partial charge on any atom is -0.355 e. The van der Waals surface area contributed by atoms with Crippen molar-refractivity contribution in [2.45, 2.75) is 18.5 Å². The van der Waals surface area contributed by atoms with E-state index in [9.17, 15) is 22.0 Å². The van der Waals surface area contributed by atoms with Gasteiger partial charge in [0.25, 0.3) is 0 Å². The minimum atomic E-state index is -4.59. The SMILES string of the molecule is FC(F)c1noc(C2CN(c3cc(C(F)(F)F)c(Cl)cn3)C2)n1. The highest BCUT2D eigenvalue weighted by Crippen LogP contribution is 2.38. The Morgan fingerprint density at radius 2 is 2.00 bits per heavy atom. The Balaban J connectivity index is 1.72. The van der Waals surface area contributed by atoms with Crippen LogP contribution in [0.25, 0.3) is 0 Å². The number of anilines is 1. The lowest BCUT2D eigenvalue weighted by Gasteiger charge is -2.38. The Hall–Kier alpha value is -1.97. The normalized spacial score (nSPS) is 16.0. The predicted octanol–water partition coefficient (Wildman–Crippen LogP) is 3.68. The Kier molecular flexibility index (Phi) is 3.86. The summed E-state index contributed by atoms with van der Waals surface area (Å²) in [4.78, 5) is 8.93. The van der Waals surface area contributed by atoms with E-state index in [2.05, 4.69) is 15.1 Å². The van der Waals surface area contributed by atoms with E-state index in [1.54, 1.807) is 0 Å². The maximum atomic E-state index is 12.8. The highest BCUT2D eigenvalue weighted by Gasteiger charge is 2.37. The third-order valence-corrected chi connectivity index (χ3v) is 3.65. The van der Waals surface area contributed by atoms with Crippen LogP contribution < -0.4 is 4.90 Å². The van der Waals surface area contributed by atoms with Crippen LogP contribution in [0.15, 0.2) is 16.8 Å². The fraction of sp³-hybridized carbons (Fsp3) is 0.417. The topological polar surface area (TPSA) is 55.1 Å². The average molecular weight is 355 g/mol. The second-order valence-electron chi connectivity index (χ2n) is 4.91. The number of pyridine rings is 1. The molecule has 0 spiro atoms. The predicted molar refractivity (Wildman–Crippen MR) is 68.5 cm³/mol. The highest BCUT2D eigenvalue weighted by molar-refractivity contribution is 6.31. The second kappa shape index (κ2) is 5.59. The first-order valence-electron chi connectivity index (χ1n) is 6.35. The number of halogens is 6. The Morgan fingerprint density at radius 1 is 1.30 bits per heavy atom. The van der Waals surface area contributed by atoms with Crippen LogP contribution in [0.3, 0.4) is 0 Å². The van der Waals surface area contributed by atoms with Crippen LogP contribution in [-0.2, 0) is 6.18 Å². The third-order valence-electron chi connectivity index (χ3n) is 3.35. The zero-order valence-electron chi connectivity index (χ0n) is 11.2. The zero-order valence-corrected chi connectivity index (χ0v) is 11.9. The van der Waals surface area contributed by atoms with Gasteiger partial charge in [0, 0.05) is 19.3 Å². The molecule has 0 radical (unpaired) electrons. The van der Waals surface area contributed by atoms with Gasteiger partial charge in [-0.25, -0.2) is 13.8 Å². The Labute approximate surface area is 131 Å². The number of rotatable bonds is 3. The molecule has 0 atom stereocenters. The van der Waals surface area contributed by atoms with Gasteiger partial charge < -0.3 is 9.42 Å². The maximum absolute atomic E-state index is 12.8. The van der Waals surface area contributed by atoms with E-state index in [1.807, 2.05) is 0 Å². The molecule has 2 aromatic rings. The average Bonchev–Trinajstić information content (AvgIpc) is 2.87. The molecule has 3 heterocycles.